The summed E-state index contributed by atoms with van der Waals surface area (Å²) >= 11 is 0. The van der Waals surface area contributed by atoms with E-state index >= 15 is 0 Å². The first-order valence-electron chi connectivity index (χ1n) is 9.12. The minimum atomic E-state index is -0.0942. The topological polar surface area (TPSA) is 75.7 Å². The summed E-state index contributed by atoms with van der Waals surface area (Å²) in [5.41, 5.74) is 2.18. The summed E-state index contributed by atoms with van der Waals surface area (Å²) < 4.78 is 5.69. The van der Waals surface area contributed by atoms with Crippen molar-refractivity contribution in [3.63, 3.8) is 0 Å². The predicted octanol–water partition coefficient (Wildman–Crippen LogP) is 2.16. The molecule has 6 nitrogen and oxygen atoms in total. The number of Topliss-reactive ketones (excluding diaryl/α,β-unsaturated/α-hetero) is 1. The van der Waals surface area contributed by atoms with Gasteiger partial charge in [-0.15, -0.1) is 0 Å². The maximum Gasteiger partial charge on any atom is 0.260 e. The van der Waals surface area contributed by atoms with Crippen LogP contribution < -0.4 is 10.1 Å². The van der Waals surface area contributed by atoms with Crippen LogP contribution in [0.2, 0.25) is 0 Å². The number of hydrogen-bond donors (Lipinski definition) is 1. The lowest BCUT2D eigenvalue weighted by Gasteiger charge is -2.32. The third-order valence-electron chi connectivity index (χ3n) is 4.82. The number of carbonyl (C=O) groups is 3. The van der Waals surface area contributed by atoms with Gasteiger partial charge < -0.3 is 19.7 Å². The standard InChI is InChI=1S/C20H28N2O4/c1-14-5-4-6-18(16(14)3)26-13-20(25)22-11-9-17(10-12-22)21-19(24)8-7-15(2)23/h4-6,17H,7-13H2,1-3H3,(H,21,24). The van der Waals surface area contributed by atoms with Gasteiger partial charge in [0.05, 0.1) is 0 Å². The van der Waals surface area contributed by atoms with Gasteiger partial charge in [0.2, 0.25) is 5.91 Å². The van der Waals surface area contributed by atoms with Crippen LogP contribution >= 0.6 is 0 Å². The normalized spacial score (nSPS) is 14.8. The molecular formula is C20H28N2O4. The van der Waals surface area contributed by atoms with Gasteiger partial charge in [0.1, 0.15) is 11.5 Å². The van der Waals surface area contributed by atoms with Crippen LogP contribution in [0.4, 0.5) is 0 Å². The van der Waals surface area contributed by atoms with Crippen molar-refractivity contribution in [1.29, 1.82) is 0 Å². The fourth-order valence-electron chi connectivity index (χ4n) is 2.97. The molecule has 1 saturated heterocycles. The third-order valence-corrected chi connectivity index (χ3v) is 4.82. The smallest absolute Gasteiger partial charge is 0.260 e. The molecule has 0 aliphatic carbocycles. The molecular weight excluding hydrogens is 332 g/mol. The Labute approximate surface area is 154 Å². The van der Waals surface area contributed by atoms with Crippen LogP contribution in [0.25, 0.3) is 0 Å². The van der Waals surface area contributed by atoms with Crippen molar-refractivity contribution in [3.05, 3.63) is 29.3 Å². The van der Waals surface area contributed by atoms with Gasteiger partial charge in [-0.25, -0.2) is 0 Å². The highest BCUT2D eigenvalue weighted by molar-refractivity contribution is 5.83. The second-order valence-electron chi connectivity index (χ2n) is 6.91. The fourth-order valence-corrected chi connectivity index (χ4v) is 2.97. The van der Waals surface area contributed by atoms with Crippen LogP contribution in [0.5, 0.6) is 5.75 Å². The molecule has 0 spiro atoms. The SMILES string of the molecule is CC(=O)CCC(=O)NC1CCN(C(=O)COc2cccc(C)c2C)CC1. The highest BCUT2D eigenvalue weighted by Crippen LogP contribution is 2.20. The summed E-state index contributed by atoms with van der Waals surface area (Å²) in [6, 6.07) is 5.87. The first kappa shape index (κ1) is 19.9. The molecule has 1 fully saturated rings. The number of ketones is 1. The summed E-state index contributed by atoms with van der Waals surface area (Å²) in [7, 11) is 0. The van der Waals surface area contributed by atoms with E-state index in [1.165, 1.54) is 6.92 Å². The van der Waals surface area contributed by atoms with E-state index in [4.69, 9.17) is 4.74 Å². The Balaban J connectivity index is 1.73. The molecule has 26 heavy (non-hydrogen) atoms. The quantitative estimate of drug-likeness (QED) is 0.808. The van der Waals surface area contributed by atoms with Gasteiger partial charge in [-0.2, -0.15) is 0 Å². The number of piperidine rings is 1. The fraction of sp³-hybridized carbons (Fsp3) is 0.550. The van der Waals surface area contributed by atoms with E-state index in [0.29, 0.717) is 13.1 Å². The molecule has 1 N–H and O–H groups in total. The van der Waals surface area contributed by atoms with Gasteiger partial charge in [0, 0.05) is 32.0 Å². The van der Waals surface area contributed by atoms with E-state index in [-0.39, 0.29) is 43.1 Å². The van der Waals surface area contributed by atoms with Gasteiger partial charge in [0.15, 0.2) is 6.61 Å². The molecule has 1 aromatic rings. The van der Waals surface area contributed by atoms with E-state index in [1.54, 1.807) is 4.90 Å². The van der Waals surface area contributed by atoms with Crippen LogP contribution in [0.3, 0.4) is 0 Å². The van der Waals surface area contributed by atoms with E-state index in [2.05, 4.69) is 5.32 Å². The average Bonchev–Trinajstić information content (AvgIpc) is 2.61. The Bertz CT molecular complexity index is 664. The molecule has 0 aromatic heterocycles. The van der Waals surface area contributed by atoms with E-state index in [1.807, 2.05) is 32.0 Å². The van der Waals surface area contributed by atoms with Gasteiger partial charge in [-0.1, -0.05) is 12.1 Å². The zero-order valence-electron chi connectivity index (χ0n) is 15.8. The second kappa shape index (κ2) is 9.36. The van der Waals surface area contributed by atoms with Gasteiger partial charge in [0.25, 0.3) is 5.91 Å². The van der Waals surface area contributed by atoms with Crippen molar-refractivity contribution in [1.82, 2.24) is 10.2 Å². The molecule has 1 heterocycles. The van der Waals surface area contributed by atoms with Crippen LogP contribution in [0.15, 0.2) is 18.2 Å². The van der Waals surface area contributed by atoms with Gasteiger partial charge >= 0.3 is 0 Å². The Kier molecular flexibility index (Phi) is 7.18. The van der Waals surface area contributed by atoms with Crippen LogP contribution in [0, 0.1) is 13.8 Å². The van der Waals surface area contributed by atoms with Crippen molar-refractivity contribution in [2.75, 3.05) is 19.7 Å². The summed E-state index contributed by atoms with van der Waals surface area (Å²) in [4.78, 5) is 36.8. The Morgan fingerprint density at radius 1 is 1.15 bits per heavy atom. The minimum Gasteiger partial charge on any atom is -0.483 e. The number of likely N-dealkylation sites (tertiary alicyclic amines) is 1. The molecule has 6 heteroatoms. The lowest BCUT2D eigenvalue weighted by atomic mass is 10.0. The Hall–Kier alpha value is -2.37. The van der Waals surface area contributed by atoms with E-state index < -0.39 is 0 Å². The van der Waals surface area contributed by atoms with Crippen molar-refractivity contribution in [2.24, 2.45) is 0 Å². The van der Waals surface area contributed by atoms with Crippen LogP contribution in [0.1, 0.15) is 43.7 Å². The monoisotopic (exact) mass is 360 g/mol. The number of ether oxygens (including phenoxy) is 1. The molecule has 1 aliphatic heterocycles. The molecule has 1 aromatic carbocycles. The van der Waals surface area contributed by atoms with Crippen molar-refractivity contribution >= 4 is 17.6 Å². The van der Waals surface area contributed by atoms with Gasteiger partial charge in [-0.3, -0.25) is 9.59 Å². The Morgan fingerprint density at radius 3 is 2.50 bits per heavy atom. The number of aryl methyl sites for hydroxylation is 1. The van der Waals surface area contributed by atoms with Crippen molar-refractivity contribution in [2.45, 2.75) is 52.5 Å². The predicted molar refractivity (Wildman–Crippen MR) is 99.1 cm³/mol. The number of nitrogens with zero attached hydrogens (tertiary/aromatic N) is 1. The summed E-state index contributed by atoms with van der Waals surface area (Å²) in [6.45, 7) is 6.71. The van der Waals surface area contributed by atoms with Gasteiger partial charge in [-0.05, 0) is 50.8 Å². The number of rotatable bonds is 7. The van der Waals surface area contributed by atoms with Crippen molar-refractivity contribution in [3.8, 4) is 5.75 Å². The second-order valence-corrected chi connectivity index (χ2v) is 6.91. The molecule has 0 unspecified atom stereocenters. The maximum atomic E-state index is 12.4. The molecule has 2 rings (SSSR count). The molecule has 1 aliphatic rings. The largest absolute Gasteiger partial charge is 0.483 e. The first-order chi connectivity index (χ1) is 12.4. The Morgan fingerprint density at radius 2 is 1.85 bits per heavy atom. The molecule has 0 radical (unpaired) electrons. The zero-order chi connectivity index (χ0) is 19.1. The number of amides is 2. The highest BCUT2D eigenvalue weighted by Gasteiger charge is 2.24. The average molecular weight is 360 g/mol. The number of nitrogens with one attached hydrogen (secondary N) is 1. The summed E-state index contributed by atoms with van der Waals surface area (Å²) in [6.07, 6.45) is 1.96. The van der Waals surface area contributed by atoms with E-state index in [9.17, 15) is 14.4 Å². The third kappa shape index (κ3) is 5.86. The molecule has 142 valence electrons. The van der Waals surface area contributed by atoms with Crippen molar-refractivity contribution < 1.29 is 19.1 Å². The molecule has 2 amide bonds. The number of carbonyl (C=O) groups excluding carboxylic acids is 3. The van der Waals surface area contributed by atoms with E-state index in [0.717, 1.165) is 29.7 Å². The highest BCUT2D eigenvalue weighted by atomic mass is 16.5. The summed E-state index contributed by atoms with van der Waals surface area (Å²) in [5.74, 6) is 0.630. The van der Waals surface area contributed by atoms with Crippen LogP contribution in [-0.2, 0) is 14.4 Å². The zero-order valence-corrected chi connectivity index (χ0v) is 15.8. The van der Waals surface area contributed by atoms with Crippen LogP contribution in [-0.4, -0.2) is 48.2 Å². The molecule has 0 saturated carbocycles. The molecule has 0 atom stereocenters. The maximum absolute atomic E-state index is 12.4. The first-order valence-corrected chi connectivity index (χ1v) is 9.12. The summed E-state index contributed by atoms with van der Waals surface area (Å²) in [5, 5.41) is 2.94. The lowest BCUT2D eigenvalue weighted by molar-refractivity contribution is -0.134. The lowest BCUT2D eigenvalue weighted by Crippen LogP contribution is -2.47. The number of hydrogen-bond acceptors (Lipinski definition) is 4. The number of benzene rings is 1. The minimum absolute atomic E-state index is 0.0180. The molecule has 0 bridgehead atoms.